The number of nitrogens with two attached hydrogens (primary N) is 1. The van der Waals surface area contributed by atoms with E-state index in [1.807, 2.05) is 0 Å². The van der Waals surface area contributed by atoms with Crippen LogP contribution in [-0.4, -0.2) is 44.8 Å². The molecule has 3 heteroatoms. The monoisotopic (exact) mass is 172 g/mol. The largest absolute Gasteiger partial charge is 0.383 e. The first kappa shape index (κ1) is 9.96. The van der Waals surface area contributed by atoms with Gasteiger partial charge in [-0.05, 0) is 38.9 Å². The summed E-state index contributed by atoms with van der Waals surface area (Å²) in [6.45, 7) is 3.07. The zero-order chi connectivity index (χ0) is 8.97. The summed E-state index contributed by atoms with van der Waals surface area (Å²) < 4.78 is 5.05. The second-order valence-electron chi connectivity index (χ2n) is 3.76. The average molecular weight is 172 g/mol. The van der Waals surface area contributed by atoms with Crippen LogP contribution in [0.4, 0.5) is 0 Å². The Balaban J connectivity index is 2.24. The first-order chi connectivity index (χ1) is 5.74. The Labute approximate surface area is 74.9 Å². The molecule has 1 saturated heterocycles. The lowest BCUT2D eigenvalue weighted by atomic mass is 9.90. The van der Waals surface area contributed by atoms with Gasteiger partial charge in [0.25, 0.3) is 0 Å². The fourth-order valence-corrected chi connectivity index (χ4v) is 1.79. The van der Waals surface area contributed by atoms with Crippen LogP contribution in [0.5, 0.6) is 0 Å². The molecule has 1 atom stereocenters. The molecule has 72 valence electrons. The van der Waals surface area contributed by atoms with Crippen LogP contribution in [0.3, 0.4) is 0 Å². The van der Waals surface area contributed by atoms with E-state index in [9.17, 15) is 0 Å². The molecule has 0 aromatic heterocycles. The standard InChI is InChI=1S/C9H20N2O/c1-11-5-3-8(4-6-11)9(10)7-12-2/h8-9H,3-7,10H2,1-2H3. The van der Waals surface area contributed by atoms with Crippen LogP contribution >= 0.6 is 0 Å². The Morgan fingerprint density at radius 3 is 2.58 bits per heavy atom. The van der Waals surface area contributed by atoms with Gasteiger partial charge < -0.3 is 15.4 Å². The lowest BCUT2D eigenvalue weighted by Gasteiger charge is -2.32. The van der Waals surface area contributed by atoms with Gasteiger partial charge in [0.2, 0.25) is 0 Å². The van der Waals surface area contributed by atoms with Gasteiger partial charge in [-0.1, -0.05) is 0 Å². The van der Waals surface area contributed by atoms with Crippen molar-refractivity contribution >= 4 is 0 Å². The third-order valence-electron chi connectivity index (χ3n) is 2.73. The Bertz CT molecular complexity index is 122. The van der Waals surface area contributed by atoms with Crippen LogP contribution in [-0.2, 0) is 4.74 Å². The van der Waals surface area contributed by atoms with Crippen LogP contribution in [0.1, 0.15) is 12.8 Å². The zero-order valence-electron chi connectivity index (χ0n) is 8.12. The van der Waals surface area contributed by atoms with Crippen molar-refractivity contribution in [3.8, 4) is 0 Å². The van der Waals surface area contributed by atoms with E-state index in [1.54, 1.807) is 7.11 Å². The Morgan fingerprint density at radius 1 is 1.50 bits per heavy atom. The minimum absolute atomic E-state index is 0.240. The highest BCUT2D eigenvalue weighted by Crippen LogP contribution is 2.18. The third kappa shape index (κ3) is 2.73. The first-order valence-electron chi connectivity index (χ1n) is 4.67. The van der Waals surface area contributed by atoms with Crippen molar-refractivity contribution < 1.29 is 4.74 Å². The minimum atomic E-state index is 0.240. The van der Waals surface area contributed by atoms with E-state index in [0.29, 0.717) is 12.5 Å². The van der Waals surface area contributed by atoms with E-state index in [1.165, 1.54) is 25.9 Å². The quantitative estimate of drug-likeness (QED) is 0.665. The van der Waals surface area contributed by atoms with Crippen LogP contribution in [0.2, 0.25) is 0 Å². The van der Waals surface area contributed by atoms with Crippen LogP contribution in [0, 0.1) is 5.92 Å². The van der Waals surface area contributed by atoms with Crippen molar-refractivity contribution in [3.63, 3.8) is 0 Å². The van der Waals surface area contributed by atoms with Crippen LogP contribution in [0.25, 0.3) is 0 Å². The highest BCUT2D eigenvalue weighted by Gasteiger charge is 2.22. The molecule has 0 saturated carbocycles. The molecule has 1 fully saturated rings. The lowest BCUT2D eigenvalue weighted by Crippen LogP contribution is -2.41. The maximum Gasteiger partial charge on any atom is 0.0616 e. The molecule has 1 rings (SSSR count). The van der Waals surface area contributed by atoms with Crippen molar-refractivity contribution in [2.24, 2.45) is 11.7 Å². The van der Waals surface area contributed by atoms with Crippen LogP contribution < -0.4 is 5.73 Å². The molecule has 0 spiro atoms. The molecule has 2 N–H and O–H groups in total. The molecular formula is C9H20N2O. The summed E-state index contributed by atoms with van der Waals surface area (Å²) in [4.78, 5) is 2.36. The summed E-state index contributed by atoms with van der Waals surface area (Å²) in [6, 6.07) is 0.240. The van der Waals surface area contributed by atoms with Gasteiger partial charge in [0.15, 0.2) is 0 Å². The van der Waals surface area contributed by atoms with Crippen molar-refractivity contribution in [3.05, 3.63) is 0 Å². The molecule has 0 aromatic rings. The maximum atomic E-state index is 5.96. The topological polar surface area (TPSA) is 38.5 Å². The van der Waals surface area contributed by atoms with Gasteiger partial charge in [0, 0.05) is 13.2 Å². The summed E-state index contributed by atoms with van der Waals surface area (Å²) in [5, 5.41) is 0. The van der Waals surface area contributed by atoms with Crippen molar-refractivity contribution in [2.75, 3.05) is 33.9 Å². The van der Waals surface area contributed by atoms with Gasteiger partial charge in [-0.2, -0.15) is 0 Å². The molecule has 12 heavy (non-hydrogen) atoms. The molecule has 3 nitrogen and oxygen atoms in total. The second-order valence-corrected chi connectivity index (χ2v) is 3.76. The van der Waals surface area contributed by atoms with Crippen molar-refractivity contribution in [1.29, 1.82) is 0 Å². The van der Waals surface area contributed by atoms with Gasteiger partial charge >= 0.3 is 0 Å². The van der Waals surface area contributed by atoms with Gasteiger partial charge in [-0.25, -0.2) is 0 Å². The summed E-state index contributed by atoms with van der Waals surface area (Å²) in [7, 11) is 3.88. The number of ether oxygens (including phenoxy) is 1. The summed E-state index contributed by atoms with van der Waals surface area (Å²) >= 11 is 0. The summed E-state index contributed by atoms with van der Waals surface area (Å²) in [6.07, 6.45) is 2.45. The molecule has 0 radical (unpaired) electrons. The minimum Gasteiger partial charge on any atom is -0.383 e. The number of methoxy groups -OCH3 is 1. The van der Waals surface area contributed by atoms with E-state index < -0.39 is 0 Å². The molecule has 1 heterocycles. The highest BCUT2D eigenvalue weighted by molar-refractivity contribution is 4.78. The number of likely N-dealkylation sites (tertiary alicyclic amines) is 1. The fraction of sp³-hybridized carbons (Fsp3) is 1.00. The van der Waals surface area contributed by atoms with Crippen LogP contribution in [0.15, 0.2) is 0 Å². The van der Waals surface area contributed by atoms with Crippen molar-refractivity contribution in [2.45, 2.75) is 18.9 Å². The Hall–Kier alpha value is -0.120. The summed E-state index contributed by atoms with van der Waals surface area (Å²) in [5.41, 5.74) is 5.96. The number of rotatable bonds is 3. The smallest absolute Gasteiger partial charge is 0.0616 e. The Morgan fingerprint density at radius 2 is 2.08 bits per heavy atom. The van der Waals surface area contributed by atoms with Crippen molar-refractivity contribution in [1.82, 2.24) is 4.90 Å². The number of piperidine rings is 1. The molecular weight excluding hydrogens is 152 g/mol. The van der Waals surface area contributed by atoms with E-state index in [0.717, 1.165) is 0 Å². The third-order valence-corrected chi connectivity index (χ3v) is 2.73. The first-order valence-corrected chi connectivity index (χ1v) is 4.67. The molecule has 1 aliphatic heterocycles. The van der Waals surface area contributed by atoms with Gasteiger partial charge in [-0.3, -0.25) is 0 Å². The highest BCUT2D eigenvalue weighted by atomic mass is 16.5. The molecule has 0 aliphatic carbocycles. The molecule has 0 aromatic carbocycles. The predicted octanol–water partition coefficient (Wildman–Crippen LogP) is 0.302. The maximum absolute atomic E-state index is 5.96. The van der Waals surface area contributed by atoms with Gasteiger partial charge in [0.1, 0.15) is 0 Å². The fourth-order valence-electron chi connectivity index (χ4n) is 1.79. The van der Waals surface area contributed by atoms with E-state index >= 15 is 0 Å². The molecule has 0 amide bonds. The van der Waals surface area contributed by atoms with Gasteiger partial charge in [0.05, 0.1) is 6.61 Å². The number of hydrogen-bond donors (Lipinski definition) is 1. The van der Waals surface area contributed by atoms with E-state index in [4.69, 9.17) is 10.5 Å². The zero-order valence-corrected chi connectivity index (χ0v) is 8.12. The number of nitrogens with zero attached hydrogens (tertiary/aromatic N) is 1. The van der Waals surface area contributed by atoms with Gasteiger partial charge in [-0.15, -0.1) is 0 Å². The lowest BCUT2D eigenvalue weighted by molar-refractivity contribution is 0.126. The average Bonchev–Trinajstić information content (AvgIpc) is 2.06. The SMILES string of the molecule is COCC(N)C1CCN(C)CC1. The normalized spacial score (nSPS) is 24.2. The van der Waals surface area contributed by atoms with E-state index in [-0.39, 0.29) is 6.04 Å². The molecule has 0 bridgehead atoms. The second kappa shape index (κ2) is 4.80. The Kier molecular flexibility index (Phi) is 3.98. The molecule has 1 unspecified atom stereocenters. The number of hydrogen-bond acceptors (Lipinski definition) is 3. The molecule has 1 aliphatic rings. The summed E-state index contributed by atoms with van der Waals surface area (Å²) in [5.74, 6) is 0.668. The van der Waals surface area contributed by atoms with E-state index in [2.05, 4.69) is 11.9 Å². The predicted molar refractivity (Wildman–Crippen MR) is 50.1 cm³/mol.